The van der Waals surface area contributed by atoms with E-state index < -0.39 is 26.3 Å². The minimum atomic E-state index is -3.55. The number of nitrogens with zero attached hydrogens (tertiary/aromatic N) is 1. The van der Waals surface area contributed by atoms with Crippen LogP contribution in [0.3, 0.4) is 0 Å². The van der Waals surface area contributed by atoms with Gasteiger partial charge in [0.1, 0.15) is 0 Å². The summed E-state index contributed by atoms with van der Waals surface area (Å²) in [6.07, 6.45) is 6.69. The highest BCUT2D eigenvalue weighted by Gasteiger charge is 2.43. The molecule has 0 spiro atoms. The summed E-state index contributed by atoms with van der Waals surface area (Å²) in [6.45, 7) is 4.29. The molecular formula is C19H31NO5S. The lowest BCUT2D eigenvalue weighted by molar-refractivity contribution is -0.145. The van der Waals surface area contributed by atoms with Crippen molar-refractivity contribution in [1.82, 2.24) is 4.90 Å². The van der Waals surface area contributed by atoms with E-state index in [1.165, 1.54) is 0 Å². The lowest BCUT2D eigenvalue weighted by Gasteiger charge is -2.28. The molecule has 3 fully saturated rings. The van der Waals surface area contributed by atoms with Crippen molar-refractivity contribution in [2.45, 2.75) is 81.8 Å². The van der Waals surface area contributed by atoms with Crippen molar-refractivity contribution >= 4 is 21.7 Å². The van der Waals surface area contributed by atoms with Crippen LogP contribution in [0.25, 0.3) is 0 Å². The predicted molar refractivity (Wildman–Crippen MR) is 98.2 cm³/mol. The van der Waals surface area contributed by atoms with E-state index in [4.69, 9.17) is 4.74 Å². The maximum atomic E-state index is 13.0. The molecule has 7 heteroatoms. The average molecular weight is 386 g/mol. The van der Waals surface area contributed by atoms with E-state index in [0.717, 1.165) is 32.1 Å². The summed E-state index contributed by atoms with van der Waals surface area (Å²) < 4.78 is 31.4. The zero-order valence-electron chi connectivity index (χ0n) is 15.9. The Morgan fingerprint density at radius 3 is 2.38 bits per heavy atom. The van der Waals surface area contributed by atoms with E-state index in [9.17, 15) is 18.0 Å². The molecule has 0 N–H and O–H groups in total. The zero-order valence-corrected chi connectivity index (χ0v) is 16.7. The van der Waals surface area contributed by atoms with Crippen molar-refractivity contribution in [2.24, 2.45) is 11.8 Å². The standard InChI is InChI=1S/C19H31NO5S/c1-13(2)18(26(23,24)16-6-4-3-5-7-16)19(22)25-12-14-10-17(21)20(11-14)15-8-9-15/h13-16,18H,3-12H2,1-2H3/t14-,18-/m1/s1. The van der Waals surface area contributed by atoms with Crippen LogP contribution in [-0.4, -0.2) is 54.9 Å². The molecule has 1 saturated heterocycles. The monoisotopic (exact) mass is 385 g/mol. The van der Waals surface area contributed by atoms with Crippen molar-refractivity contribution in [3.63, 3.8) is 0 Å². The number of carbonyl (C=O) groups excluding carboxylic acids is 2. The summed E-state index contributed by atoms with van der Waals surface area (Å²) >= 11 is 0. The van der Waals surface area contributed by atoms with E-state index in [1.807, 2.05) is 4.90 Å². The Hall–Kier alpha value is -1.11. The molecule has 0 unspecified atom stereocenters. The molecule has 148 valence electrons. The van der Waals surface area contributed by atoms with Gasteiger partial charge in [-0.25, -0.2) is 8.42 Å². The highest BCUT2D eigenvalue weighted by Crippen LogP contribution is 2.33. The van der Waals surface area contributed by atoms with Crippen LogP contribution in [0.5, 0.6) is 0 Å². The number of hydrogen-bond acceptors (Lipinski definition) is 5. The lowest BCUT2D eigenvalue weighted by atomic mass is 10.0. The molecular weight excluding hydrogens is 354 g/mol. The van der Waals surface area contributed by atoms with Crippen molar-refractivity contribution in [2.75, 3.05) is 13.2 Å². The molecule has 1 heterocycles. The minimum Gasteiger partial charge on any atom is -0.464 e. The first kappa shape index (κ1) is 19.6. The van der Waals surface area contributed by atoms with Crippen LogP contribution >= 0.6 is 0 Å². The van der Waals surface area contributed by atoms with E-state index in [0.29, 0.717) is 31.8 Å². The van der Waals surface area contributed by atoms with Gasteiger partial charge in [-0.05, 0) is 31.6 Å². The molecule has 0 aromatic heterocycles. The maximum absolute atomic E-state index is 13.0. The van der Waals surface area contributed by atoms with Gasteiger partial charge < -0.3 is 9.64 Å². The predicted octanol–water partition coefficient (Wildman–Crippen LogP) is 2.31. The van der Waals surface area contributed by atoms with Crippen LogP contribution < -0.4 is 0 Å². The van der Waals surface area contributed by atoms with Gasteiger partial charge in [0.2, 0.25) is 5.91 Å². The van der Waals surface area contributed by atoms with Crippen molar-refractivity contribution in [3.8, 4) is 0 Å². The Morgan fingerprint density at radius 2 is 1.81 bits per heavy atom. The van der Waals surface area contributed by atoms with Gasteiger partial charge in [-0.2, -0.15) is 0 Å². The fourth-order valence-electron chi connectivity index (χ4n) is 4.33. The normalized spacial score (nSPS) is 26.3. The van der Waals surface area contributed by atoms with Gasteiger partial charge in [-0.1, -0.05) is 33.1 Å². The third-order valence-corrected chi connectivity index (χ3v) is 8.74. The molecule has 2 aliphatic carbocycles. The van der Waals surface area contributed by atoms with Gasteiger partial charge in [0, 0.05) is 24.9 Å². The second-order valence-electron chi connectivity index (χ2n) is 8.49. The smallest absolute Gasteiger partial charge is 0.324 e. The summed E-state index contributed by atoms with van der Waals surface area (Å²) in [5.74, 6) is -0.841. The molecule has 2 saturated carbocycles. The molecule has 6 nitrogen and oxygen atoms in total. The number of amides is 1. The number of rotatable bonds is 7. The summed E-state index contributed by atoms with van der Waals surface area (Å²) in [4.78, 5) is 26.5. The van der Waals surface area contributed by atoms with Gasteiger partial charge >= 0.3 is 5.97 Å². The Morgan fingerprint density at radius 1 is 1.15 bits per heavy atom. The van der Waals surface area contributed by atoms with Crippen LogP contribution in [0, 0.1) is 11.8 Å². The van der Waals surface area contributed by atoms with Gasteiger partial charge in [-0.3, -0.25) is 9.59 Å². The van der Waals surface area contributed by atoms with Crippen molar-refractivity contribution in [1.29, 1.82) is 0 Å². The molecule has 26 heavy (non-hydrogen) atoms. The summed E-state index contributed by atoms with van der Waals surface area (Å²) in [7, 11) is -3.55. The molecule has 2 atom stereocenters. The zero-order chi connectivity index (χ0) is 18.9. The van der Waals surface area contributed by atoms with Crippen LogP contribution in [0.1, 0.15) is 65.2 Å². The fraction of sp³-hybridized carbons (Fsp3) is 0.895. The van der Waals surface area contributed by atoms with E-state index >= 15 is 0 Å². The number of esters is 1. The van der Waals surface area contributed by atoms with Crippen LogP contribution in [0.4, 0.5) is 0 Å². The third-order valence-electron chi connectivity index (χ3n) is 5.90. The Balaban J connectivity index is 1.59. The van der Waals surface area contributed by atoms with Gasteiger partial charge in [0.15, 0.2) is 15.1 Å². The Bertz CT molecular complexity index is 634. The van der Waals surface area contributed by atoms with E-state index in [2.05, 4.69) is 0 Å². The molecule has 1 aliphatic heterocycles. The molecule has 0 aromatic rings. The van der Waals surface area contributed by atoms with Crippen LogP contribution in [-0.2, 0) is 24.2 Å². The maximum Gasteiger partial charge on any atom is 0.324 e. The largest absolute Gasteiger partial charge is 0.464 e. The number of likely N-dealkylation sites (tertiary alicyclic amines) is 1. The Kier molecular flexibility index (Phi) is 5.94. The van der Waals surface area contributed by atoms with Crippen LogP contribution in [0.15, 0.2) is 0 Å². The first-order chi connectivity index (χ1) is 12.3. The SMILES string of the molecule is CC(C)[C@H](C(=O)OC[C@@H]1CC(=O)N(C2CC2)C1)S(=O)(=O)C1CCCCC1. The van der Waals surface area contributed by atoms with Crippen LogP contribution in [0.2, 0.25) is 0 Å². The first-order valence-corrected chi connectivity index (χ1v) is 11.6. The third kappa shape index (κ3) is 4.24. The van der Waals surface area contributed by atoms with Gasteiger partial charge in [0.25, 0.3) is 0 Å². The molecule has 3 aliphatic rings. The quantitative estimate of drug-likeness (QED) is 0.628. The summed E-state index contributed by atoms with van der Waals surface area (Å²) in [5, 5.41) is -1.52. The summed E-state index contributed by atoms with van der Waals surface area (Å²) in [5.41, 5.74) is 0. The second kappa shape index (κ2) is 7.87. The Labute approximate surface area is 156 Å². The number of hydrogen-bond donors (Lipinski definition) is 0. The van der Waals surface area contributed by atoms with E-state index in [-0.39, 0.29) is 24.3 Å². The molecule has 0 aromatic carbocycles. The first-order valence-electron chi connectivity index (χ1n) is 9.99. The lowest BCUT2D eigenvalue weighted by Crippen LogP contribution is -2.43. The summed E-state index contributed by atoms with van der Waals surface area (Å²) in [6, 6.07) is 0.373. The highest BCUT2D eigenvalue weighted by molar-refractivity contribution is 7.93. The number of carbonyl (C=O) groups is 2. The highest BCUT2D eigenvalue weighted by atomic mass is 32.2. The minimum absolute atomic E-state index is 0.0164. The fourth-order valence-corrected chi connectivity index (χ4v) is 6.83. The van der Waals surface area contributed by atoms with E-state index in [1.54, 1.807) is 13.8 Å². The topological polar surface area (TPSA) is 80.8 Å². The van der Waals surface area contributed by atoms with Gasteiger partial charge in [-0.15, -0.1) is 0 Å². The number of ether oxygens (including phenoxy) is 1. The van der Waals surface area contributed by atoms with Gasteiger partial charge in [0.05, 0.1) is 11.9 Å². The molecule has 1 amide bonds. The van der Waals surface area contributed by atoms with Crippen molar-refractivity contribution in [3.05, 3.63) is 0 Å². The second-order valence-corrected chi connectivity index (χ2v) is 10.8. The molecule has 0 bridgehead atoms. The molecule has 0 radical (unpaired) electrons. The number of sulfone groups is 1. The van der Waals surface area contributed by atoms with Crippen molar-refractivity contribution < 1.29 is 22.7 Å². The average Bonchev–Trinajstić information content (AvgIpc) is 3.36. The molecule has 3 rings (SSSR count).